The normalized spacial score (nSPS) is 13.4. The Hall–Kier alpha value is -0.470. The summed E-state index contributed by atoms with van der Waals surface area (Å²) in [6, 6.07) is 0.303. The highest BCUT2D eigenvalue weighted by molar-refractivity contribution is 7.90. The van der Waals surface area contributed by atoms with Crippen LogP contribution in [-0.2, 0) is 30.4 Å². The third kappa shape index (κ3) is 3.40. The maximum absolute atomic E-state index is 11.1. The van der Waals surface area contributed by atoms with Crippen molar-refractivity contribution in [1.82, 2.24) is 0 Å². The fourth-order valence-corrected chi connectivity index (χ4v) is 5.31. The highest BCUT2D eigenvalue weighted by atomic mass is 35.5. The minimum absolute atomic E-state index is 0.303. The molecule has 3 N–H and O–H groups in total. The summed E-state index contributed by atoms with van der Waals surface area (Å²) in [5, 5.41) is -1.84. The number of hydrogen-bond acceptors (Lipinski definition) is 6. The van der Waals surface area contributed by atoms with Crippen LogP contribution in [-0.4, -0.2) is 38.9 Å². The Morgan fingerprint density at radius 3 is 1.45 bits per heavy atom. The van der Waals surface area contributed by atoms with E-state index in [1.54, 1.807) is 0 Å². The van der Waals surface area contributed by atoms with Crippen molar-refractivity contribution < 1.29 is 38.9 Å². The summed E-state index contributed by atoms with van der Waals surface area (Å²) in [5.74, 6) is 0. The van der Waals surface area contributed by atoms with Crippen molar-refractivity contribution in [3.05, 3.63) is 16.1 Å². The van der Waals surface area contributed by atoms with E-state index in [1.165, 1.54) is 0 Å². The fraction of sp³-hybridized carbons (Fsp3) is 0. The minimum Gasteiger partial charge on any atom is -0.282 e. The molecule has 0 amide bonds. The smallest absolute Gasteiger partial charge is 0.282 e. The molecule has 0 aliphatic rings. The van der Waals surface area contributed by atoms with Gasteiger partial charge in [0.05, 0.1) is 10.0 Å². The van der Waals surface area contributed by atoms with Gasteiger partial charge in [-0.3, -0.25) is 13.7 Å². The zero-order valence-corrected chi connectivity index (χ0v) is 12.8. The first-order valence-corrected chi connectivity index (χ1v) is 9.19. The summed E-state index contributed by atoms with van der Waals surface area (Å²) < 4.78 is 93.3. The highest BCUT2D eigenvalue weighted by Gasteiger charge is 2.36. The third-order valence-electron chi connectivity index (χ3n) is 1.89. The summed E-state index contributed by atoms with van der Waals surface area (Å²) >= 11 is 10.8. The molecule has 20 heavy (non-hydrogen) atoms. The number of halogens is 2. The molecule has 0 spiro atoms. The molecule has 0 unspecified atom stereocenters. The van der Waals surface area contributed by atoms with Gasteiger partial charge in [-0.25, -0.2) is 0 Å². The lowest BCUT2D eigenvalue weighted by Crippen LogP contribution is -2.15. The summed E-state index contributed by atoms with van der Waals surface area (Å²) in [6.07, 6.45) is 0. The zero-order valence-electron chi connectivity index (χ0n) is 8.85. The lowest BCUT2D eigenvalue weighted by Gasteiger charge is -2.11. The molecule has 0 atom stereocenters. The monoisotopic (exact) mass is 386 g/mol. The van der Waals surface area contributed by atoms with E-state index in [9.17, 15) is 25.3 Å². The van der Waals surface area contributed by atoms with Gasteiger partial charge in [0.1, 0.15) is 14.7 Å². The van der Waals surface area contributed by atoms with E-state index in [1.807, 2.05) is 0 Å². The van der Waals surface area contributed by atoms with Crippen LogP contribution in [0.25, 0.3) is 0 Å². The van der Waals surface area contributed by atoms with Crippen molar-refractivity contribution in [2.45, 2.75) is 14.7 Å². The molecule has 1 aromatic rings. The van der Waals surface area contributed by atoms with E-state index in [-0.39, 0.29) is 0 Å². The Kier molecular flexibility index (Phi) is 4.45. The molecular weight excluding hydrogens is 383 g/mol. The van der Waals surface area contributed by atoms with Gasteiger partial charge < -0.3 is 0 Å². The van der Waals surface area contributed by atoms with Gasteiger partial charge in [0, 0.05) is 0 Å². The first kappa shape index (κ1) is 17.6. The molecule has 114 valence electrons. The van der Waals surface area contributed by atoms with Gasteiger partial charge in [-0.2, -0.15) is 25.3 Å². The van der Waals surface area contributed by atoms with Crippen molar-refractivity contribution in [3.63, 3.8) is 0 Å². The number of hydrogen-bond donors (Lipinski definition) is 3. The van der Waals surface area contributed by atoms with Crippen LogP contribution in [0.15, 0.2) is 20.8 Å². The minimum atomic E-state index is -5.49. The van der Waals surface area contributed by atoms with Crippen LogP contribution in [0.1, 0.15) is 0 Å². The molecule has 14 heteroatoms. The van der Waals surface area contributed by atoms with Crippen LogP contribution in [0.2, 0.25) is 10.0 Å². The van der Waals surface area contributed by atoms with Gasteiger partial charge in [0.15, 0.2) is 0 Å². The Morgan fingerprint density at radius 2 is 1.15 bits per heavy atom. The second kappa shape index (κ2) is 5.06. The molecule has 0 fully saturated rings. The van der Waals surface area contributed by atoms with Crippen molar-refractivity contribution in [2.75, 3.05) is 0 Å². The summed E-state index contributed by atoms with van der Waals surface area (Å²) in [5.41, 5.74) is 0. The molecule has 0 saturated carbocycles. The molecule has 0 aliphatic carbocycles. The molecule has 0 aliphatic heterocycles. The summed E-state index contributed by atoms with van der Waals surface area (Å²) in [6.45, 7) is 0. The second-order valence-corrected chi connectivity index (χ2v) is 8.15. The van der Waals surface area contributed by atoms with E-state index in [0.717, 1.165) is 0 Å². The molecule has 9 nitrogen and oxygen atoms in total. The van der Waals surface area contributed by atoms with E-state index in [2.05, 4.69) is 0 Å². The second-order valence-electron chi connectivity index (χ2n) is 3.25. The Bertz CT molecular complexity index is 882. The largest absolute Gasteiger partial charge is 0.297 e. The lowest BCUT2D eigenvalue weighted by atomic mass is 10.3. The summed E-state index contributed by atoms with van der Waals surface area (Å²) in [4.78, 5) is -5.03. The van der Waals surface area contributed by atoms with Crippen LogP contribution in [0.5, 0.6) is 0 Å². The van der Waals surface area contributed by atoms with Crippen LogP contribution >= 0.6 is 23.2 Å². The number of benzene rings is 1. The van der Waals surface area contributed by atoms with Crippen molar-refractivity contribution in [2.24, 2.45) is 0 Å². The molecular formula is C6H4Cl2O9S3. The van der Waals surface area contributed by atoms with Crippen LogP contribution < -0.4 is 0 Å². The van der Waals surface area contributed by atoms with Gasteiger partial charge in [0.25, 0.3) is 30.4 Å². The standard InChI is InChI=1S/C6H4Cl2O9S3/c7-2-1-3(18(9,10)11)5(19(12,13)14)6(4(2)8)20(15,16)17/h1H,(H,9,10,11)(H,12,13,14)(H,15,16,17). The maximum atomic E-state index is 11.1. The van der Waals surface area contributed by atoms with E-state index in [4.69, 9.17) is 36.9 Å². The molecule has 1 aromatic carbocycles. The average Bonchev–Trinajstić information content (AvgIpc) is 2.15. The quantitative estimate of drug-likeness (QED) is 0.635. The zero-order chi connectivity index (χ0) is 16.1. The predicted octanol–water partition coefficient (Wildman–Crippen LogP) is 0.734. The van der Waals surface area contributed by atoms with Gasteiger partial charge >= 0.3 is 0 Å². The Labute approximate surface area is 123 Å². The van der Waals surface area contributed by atoms with Crippen molar-refractivity contribution in [3.8, 4) is 0 Å². The topological polar surface area (TPSA) is 163 Å². The van der Waals surface area contributed by atoms with Gasteiger partial charge in [-0.15, -0.1) is 0 Å². The van der Waals surface area contributed by atoms with E-state index < -0.39 is 55.1 Å². The fourth-order valence-electron chi connectivity index (χ4n) is 1.23. The Morgan fingerprint density at radius 1 is 0.750 bits per heavy atom. The van der Waals surface area contributed by atoms with Crippen molar-refractivity contribution in [1.29, 1.82) is 0 Å². The van der Waals surface area contributed by atoms with Crippen LogP contribution in [0.4, 0.5) is 0 Å². The van der Waals surface area contributed by atoms with E-state index in [0.29, 0.717) is 6.07 Å². The van der Waals surface area contributed by atoms with Crippen molar-refractivity contribution >= 4 is 53.6 Å². The first-order chi connectivity index (χ1) is 8.67. The predicted molar refractivity (Wildman–Crippen MR) is 65.9 cm³/mol. The van der Waals surface area contributed by atoms with Gasteiger partial charge in [0.2, 0.25) is 0 Å². The molecule has 0 saturated heterocycles. The summed E-state index contributed by atoms with van der Waals surface area (Å²) in [7, 11) is -16.2. The van der Waals surface area contributed by atoms with Gasteiger partial charge in [-0.1, -0.05) is 23.2 Å². The molecule has 0 bridgehead atoms. The lowest BCUT2D eigenvalue weighted by molar-refractivity contribution is 0.456. The van der Waals surface area contributed by atoms with Gasteiger partial charge in [-0.05, 0) is 6.07 Å². The van der Waals surface area contributed by atoms with Crippen LogP contribution in [0, 0.1) is 0 Å². The highest BCUT2D eigenvalue weighted by Crippen LogP contribution is 2.38. The molecule has 0 aromatic heterocycles. The number of rotatable bonds is 3. The van der Waals surface area contributed by atoms with Crippen LogP contribution in [0.3, 0.4) is 0 Å². The SMILES string of the molecule is O=S(=O)(O)c1cc(Cl)c(Cl)c(S(=O)(=O)O)c1S(=O)(=O)O. The Balaban J connectivity index is 4.30. The van der Waals surface area contributed by atoms with E-state index >= 15 is 0 Å². The maximum Gasteiger partial charge on any atom is 0.297 e. The average molecular weight is 387 g/mol. The first-order valence-electron chi connectivity index (χ1n) is 4.12. The molecule has 1 rings (SSSR count). The molecule has 0 heterocycles. The third-order valence-corrected chi connectivity index (χ3v) is 5.79. The molecule has 0 radical (unpaired) electrons.